The highest BCUT2D eigenvalue weighted by Crippen LogP contribution is 2.45. The van der Waals surface area contributed by atoms with E-state index in [4.69, 9.17) is 37.0 Å². The van der Waals surface area contributed by atoms with Gasteiger partial charge in [0.15, 0.2) is 12.2 Å². The topological polar surface area (TPSA) is 237 Å². The quantitative estimate of drug-likeness (QED) is 0.0169. The fraction of sp³-hybridized carbons (Fsp3) is 0.663. The predicted molar refractivity (Wildman–Crippen MR) is 417 cm³/mol. The van der Waals surface area contributed by atoms with Crippen molar-refractivity contribution < 1.29 is 80.2 Å². The summed E-state index contributed by atoms with van der Waals surface area (Å²) in [5.74, 6) is -2.26. The summed E-state index contributed by atoms with van der Waals surface area (Å²) >= 11 is 0. The van der Waals surface area contributed by atoms with Gasteiger partial charge in [0.25, 0.3) is 0 Å². The number of carbonyl (C=O) groups is 4. The summed E-state index contributed by atoms with van der Waals surface area (Å²) in [5, 5.41) is 10.6. The Morgan fingerprint density at radius 1 is 0.284 bits per heavy atom. The lowest BCUT2D eigenvalue weighted by Crippen LogP contribution is -2.30. The Morgan fingerprint density at radius 2 is 0.510 bits per heavy atom. The molecule has 0 aromatic carbocycles. The summed E-state index contributed by atoms with van der Waals surface area (Å²) in [6.45, 7) is 4.42. The first-order valence-corrected chi connectivity index (χ1v) is 42.1. The summed E-state index contributed by atoms with van der Waals surface area (Å²) in [6, 6.07) is 0. The molecule has 0 radical (unpaired) electrons. The first kappa shape index (κ1) is 96.9. The minimum absolute atomic E-state index is 0.0650. The van der Waals surface area contributed by atoms with Gasteiger partial charge in [0.05, 0.1) is 26.4 Å². The third-order valence-electron chi connectivity index (χ3n) is 15.8. The van der Waals surface area contributed by atoms with Gasteiger partial charge in [-0.3, -0.25) is 37.3 Å². The zero-order chi connectivity index (χ0) is 74.6. The molecule has 102 heavy (non-hydrogen) atoms. The number of esters is 4. The molecule has 0 spiro atoms. The Bertz CT molecular complexity index is 2510. The van der Waals surface area contributed by atoms with E-state index in [0.717, 1.165) is 199 Å². The maximum Gasteiger partial charge on any atom is 0.472 e. The van der Waals surface area contributed by atoms with Crippen LogP contribution < -0.4 is 0 Å². The van der Waals surface area contributed by atoms with Crippen molar-refractivity contribution >= 4 is 39.5 Å². The molecular formula is C83H138O17P2. The molecule has 3 N–H and O–H groups in total. The highest BCUT2D eigenvalue weighted by Gasteiger charge is 2.30. The van der Waals surface area contributed by atoms with Gasteiger partial charge < -0.3 is 33.8 Å². The first-order valence-electron chi connectivity index (χ1n) is 39.1. The van der Waals surface area contributed by atoms with Crippen LogP contribution in [0.4, 0.5) is 0 Å². The molecule has 0 bridgehead atoms. The number of phosphoric acid groups is 2. The Kier molecular flexibility index (Phi) is 70.5. The van der Waals surface area contributed by atoms with Crippen LogP contribution in [0.1, 0.15) is 297 Å². The van der Waals surface area contributed by atoms with E-state index in [1.165, 1.54) is 19.3 Å². The minimum atomic E-state index is -4.99. The third kappa shape index (κ3) is 73.3. The van der Waals surface area contributed by atoms with Crippen LogP contribution in [-0.4, -0.2) is 96.7 Å². The summed E-state index contributed by atoms with van der Waals surface area (Å²) in [5.41, 5.74) is 0. The number of unbranched alkanes of at least 4 members (excludes halogenated alkanes) is 22. The van der Waals surface area contributed by atoms with E-state index in [1.807, 2.05) is 0 Å². The fourth-order valence-corrected chi connectivity index (χ4v) is 11.5. The number of rotatable bonds is 72. The Labute approximate surface area is 617 Å². The molecule has 5 unspecified atom stereocenters. The van der Waals surface area contributed by atoms with Crippen molar-refractivity contribution in [1.82, 2.24) is 0 Å². The predicted octanol–water partition coefficient (Wildman–Crippen LogP) is 22.7. The molecule has 582 valence electrons. The molecule has 17 nitrogen and oxygen atoms in total. The zero-order valence-electron chi connectivity index (χ0n) is 63.5. The molecule has 0 aliphatic heterocycles. The number of aliphatic hydroxyl groups is 1. The average Bonchev–Trinajstić information content (AvgIpc) is 0.923. The monoisotopic (exact) mass is 1470 g/mol. The average molecular weight is 1470 g/mol. The lowest BCUT2D eigenvalue weighted by atomic mass is 10.1. The number of ether oxygens (including phenoxy) is 4. The van der Waals surface area contributed by atoms with Crippen molar-refractivity contribution in [3.63, 3.8) is 0 Å². The fourth-order valence-electron chi connectivity index (χ4n) is 9.92. The molecule has 0 aromatic rings. The summed E-state index contributed by atoms with van der Waals surface area (Å²) < 4.78 is 68.5. The van der Waals surface area contributed by atoms with Crippen LogP contribution in [0.25, 0.3) is 0 Å². The summed E-state index contributed by atoms with van der Waals surface area (Å²) in [6.07, 6.45) is 84.0. The van der Waals surface area contributed by atoms with Crippen LogP contribution in [-0.2, 0) is 65.4 Å². The number of carbonyl (C=O) groups excluding carboxylic acids is 4. The van der Waals surface area contributed by atoms with Gasteiger partial charge in [-0.05, 0) is 161 Å². The van der Waals surface area contributed by atoms with Crippen molar-refractivity contribution in [2.24, 2.45) is 0 Å². The van der Waals surface area contributed by atoms with E-state index < -0.39 is 97.5 Å². The normalized spacial score (nSPS) is 14.7. The van der Waals surface area contributed by atoms with Gasteiger partial charge in [-0.1, -0.05) is 257 Å². The molecule has 0 aliphatic rings. The van der Waals surface area contributed by atoms with E-state index in [2.05, 4.69) is 174 Å². The summed E-state index contributed by atoms with van der Waals surface area (Å²) in [7, 11) is -9.98. The van der Waals surface area contributed by atoms with Crippen LogP contribution >= 0.6 is 15.6 Å². The molecule has 0 heterocycles. The van der Waals surface area contributed by atoms with Crippen molar-refractivity contribution in [2.45, 2.75) is 316 Å². The molecule has 0 aliphatic carbocycles. The summed E-state index contributed by atoms with van der Waals surface area (Å²) in [4.78, 5) is 73.0. The van der Waals surface area contributed by atoms with Gasteiger partial charge >= 0.3 is 39.5 Å². The standard InChI is InChI=1S/C83H138O17P2/c1-5-9-13-17-21-25-29-33-37-38-42-44-48-52-56-60-64-68-81(86)94-74-79(100-83(88)70-66-62-58-54-50-46-41-36-32-28-24-20-16-12-8-4)76-98-102(91,92)96-72-77(84)71-95-101(89,90)97-75-78(99-82(87)69-65-61-57-53-49-45-40-35-31-27-23-19-15-11-7-3)73-93-80(85)67-63-59-55-51-47-43-39-34-30-26-22-18-14-10-6-2/h9-10,12-14,16,21-28,33-37,39-42,44,77-79,84H,5-8,11,15,17-20,29-32,38,43,45-76H2,1-4H3,(H,89,90)(H,91,92)/b13-9-,14-10-,16-12-,25-21-,26-22-,27-23-,28-24-,37-33-,39-34-,40-35-,41-36-,44-42-. The van der Waals surface area contributed by atoms with Crippen molar-refractivity contribution in [3.05, 3.63) is 146 Å². The second-order valence-electron chi connectivity index (χ2n) is 25.5. The van der Waals surface area contributed by atoms with E-state index in [1.54, 1.807) is 0 Å². The molecule has 0 amide bonds. The first-order chi connectivity index (χ1) is 49.7. The van der Waals surface area contributed by atoms with Gasteiger partial charge in [-0.2, -0.15) is 0 Å². The van der Waals surface area contributed by atoms with Crippen LogP contribution in [0, 0.1) is 0 Å². The van der Waals surface area contributed by atoms with Crippen molar-refractivity contribution in [2.75, 3.05) is 39.6 Å². The maximum atomic E-state index is 13.1. The lowest BCUT2D eigenvalue weighted by Gasteiger charge is -2.21. The van der Waals surface area contributed by atoms with Crippen LogP contribution in [0.2, 0.25) is 0 Å². The molecule has 5 atom stereocenters. The van der Waals surface area contributed by atoms with Gasteiger partial charge in [0.1, 0.15) is 19.3 Å². The second-order valence-corrected chi connectivity index (χ2v) is 28.4. The van der Waals surface area contributed by atoms with E-state index >= 15 is 0 Å². The molecule has 0 aromatic heterocycles. The van der Waals surface area contributed by atoms with Gasteiger partial charge in [-0.15, -0.1) is 0 Å². The molecule has 0 saturated heterocycles. The van der Waals surface area contributed by atoms with Crippen molar-refractivity contribution in [1.29, 1.82) is 0 Å². The lowest BCUT2D eigenvalue weighted by molar-refractivity contribution is -0.161. The van der Waals surface area contributed by atoms with Gasteiger partial charge in [-0.25, -0.2) is 9.13 Å². The van der Waals surface area contributed by atoms with E-state index in [0.29, 0.717) is 25.7 Å². The molecule has 0 rings (SSSR count). The van der Waals surface area contributed by atoms with Gasteiger partial charge in [0, 0.05) is 25.7 Å². The van der Waals surface area contributed by atoms with Gasteiger partial charge in [0.2, 0.25) is 0 Å². The molecular weight excluding hydrogens is 1330 g/mol. The SMILES string of the molecule is CC/C=C\C/C=C\C/C=C\C/C=C\CCCCCCC(=O)OCC(COP(=O)(O)OCC(O)COP(=O)(O)OCC(COC(=O)CCCCCCC/C=C\C/C=C\C/C=C\CC)OC(=O)CCCCCCC/C=C\C/C=C\CCCCC)OC(=O)CCCCCCC/C=C\C/C=C\C/C=C\CC. The second kappa shape index (κ2) is 74.2. The number of phosphoric ester groups is 2. The maximum absolute atomic E-state index is 13.1. The molecule has 19 heteroatoms. The van der Waals surface area contributed by atoms with Crippen molar-refractivity contribution in [3.8, 4) is 0 Å². The van der Waals surface area contributed by atoms with Crippen LogP contribution in [0.3, 0.4) is 0 Å². The Morgan fingerprint density at radius 3 is 0.784 bits per heavy atom. The largest absolute Gasteiger partial charge is 0.472 e. The number of aliphatic hydroxyl groups excluding tert-OH is 1. The number of hydrogen-bond donors (Lipinski definition) is 3. The highest BCUT2D eigenvalue weighted by atomic mass is 31.2. The number of hydrogen-bond acceptors (Lipinski definition) is 15. The van der Waals surface area contributed by atoms with Crippen LogP contribution in [0.5, 0.6) is 0 Å². The van der Waals surface area contributed by atoms with E-state index in [-0.39, 0.29) is 25.7 Å². The minimum Gasteiger partial charge on any atom is -0.462 e. The molecule has 0 saturated carbocycles. The molecule has 0 fully saturated rings. The Hall–Kier alpha value is -5.06. The smallest absolute Gasteiger partial charge is 0.462 e. The van der Waals surface area contributed by atoms with E-state index in [9.17, 15) is 43.2 Å². The Balaban J connectivity index is 5.43. The number of allylic oxidation sites excluding steroid dienone is 24. The highest BCUT2D eigenvalue weighted by molar-refractivity contribution is 7.47. The zero-order valence-corrected chi connectivity index (χ0v) is 65.3. The third-order valence-corrected chi connectivity index (χ3v) is 17.7. The van der Waals surface area contributed by atoms with Crippen LogP contribution in [0.15, 0.2) is 146 Å².